The van der Waals surface area contributed by atoms with Crippen molar-refractivity contribution in [3.05, 3.63) is 71.5 Å². The number of nitrogens with zero attached hydrogens (tertiary/aromatic N) is 3. The van der Waals surface area contributed by atoms with E-state index in [9.17, 15) is 18.8 Å². The predicted octanol–water partition coefficient (Wildman–Crippen LogP) is 2.37. The maximum absolute atomic E-state index is 15.0. The fourth-order valence-corrected chi connectivity index (χ4v) is 5.01. The van der Waals surface area contributed by atoms with Gasteiger partial charge in [-0.15, -0.1) is 0 Å². The third-order valence-electron chi connectivity index (χ3n) is 6.96. The molecule has 0 aliphatic carbocycles. The first-order valence-corrected chi connectivity index (χ1v) is 11.5. The quantitative estimate of drug-likeness (QED) is 0.585. The van der Waals surface area contributed by atoms with Gasteiger partial charge in [-0.1, -0.05) is 48.5 Å². The van der Waals surface area contributed by atoms with Crippen LogP contribution >= 0.6 is 0 Å². The lowest BCUT2D eigenvalue weighted by Gasteiger charge is -2.41. The van der Waals surface area contributed by atoms with E-state index in [4.69, 9.17) is 4.74 Å². The second kappa shape index (κ2) is 10.0. The zero-order chi connectivity index (χ0) is 24.3. The van der Waals surface area contributed by atoms with E-state index in [1.54, 1.807) is 11.0 Å². The lowest BCUT2D eigenvalue weighted by molar-refractivity contribution is -0.144. The predicted molar refractivity (Wildman–Crippen MR) is 124 cm³/mol. The Morgan fingerprint density at radius 1 is 1.09 bits per heavy atom. The number of likely N-dealkylation sites (tertiary alicyclic amines) is 1. The van der Waals surface area contributed by atoms with E-state index in [0.717, 1.165) is 10.5 Å². The van der Waals surface area contributed by atoms with Crippen molar-refractivity contribution in [1.29, 1.82) is 0 Å². The van der Waals surface area contributed by atoms with E-state index in [-0.39, 0.29) is 43.5 Å². The topological polar surface area (TPSA) is 70.2 Å². The van der Waals surface area contributed by atoms with Gasteiger partial charge in [0, 0.05) is 45.1 Å². The van der Waals surface area contributed by atoms with Crippen LogP contribution in [0, 0.1) is 5.82 Å². The van der Waals surface area contributed by atoms with Crippen molar-refractivity contribution in [1.82, 2.24) is 14.7 Å². The summed E-state index contributed by atoms with van der Waals surface area (Å²) in [5, 5.41) is 0. The molecule has 0 spiro atoms. The molecule has 2 aromatic carbocycles. The first-order chi connectivity index (χ1) is 16.4. The molecular formula is C26H30FN3O4. The van der Waals surface area contributed by atoms with Crippen LogP contribution in [0.4, 0.5) is 4.39 Å². The molecule has 180 valence electrons. The van der Waals surface area contributed by atoms with E-state index in [2.05, 4.69) is 4.90 Å². The van der Waals surface area contributed by atoms with Crippen molar-refractivity contribution in [3.63, 3.8) is 0 Å². The lowest BCUT2D eigenvalue weighted by Crippen LogP contribution is -2.51. The van der Waals surface area contributed by atoms with Crippen molar-refractivity contribution < 1.29 is 23.5 Å². The number of rotatable bonds is 7. The molecule has 3 amide bonds. The molecule has 0 N–H and O–H groups in total. The van der Waals surface area contributed by atoms with E-state index in [1.165, 1.54) is 25.3 Å². The van der Waals surface area contributed by atoms with Crippen LogP contribution in [0.25, 0.3) is 0 Å². The molecule has 34 heavy (non-hydrogen) atoms. The minimum Gasteiger partial charge on any atom is -0.383 e. The summed E-state index contributed by atoms with van der Waals surface area (Å²) in [6.07, 6.45) is -0.495. The number of hydrogen-bond acceptors (Lipinski definition) is 5. The van der Waals surface area contributed by atoms with Crippen LogP contribution in [0.5, 0.6) is 0 Å². The molecule has 8 heteroatoms. The molecule has 0 radical (unpaired) electrons. The number of ether oxygens (including phenoxy) is 1. The molecule has 2 heterocycles. The van der Waals surface area contributed by atoms with Gasteiger partial charge in [0.2, 0.25) is 17.7 Å². The van der Waals surface area contributed by atoms with Gasteiger partial charge in [0.25, 0.3) is 0 Å². The minimum absolute atomic E-state index is 0.0161. The number of amides is 3. The fourth-order valence-electron chi connectivity index (χ4n) is 5.01. The summed E-state index contributed by atoms with van der Waals surface area (Å²) in [6, 6.07) is 15.9. The zero-order valence-corrected chi connectivity index (χ0v) is 19.6. The number of methoxy groups -OCH3 is 1. The first-order valence-electron chi connectivity index (χ1n) is 11.5. The SMILES string of the molecule is COCCN1C(=O)C[C@](CC(=O)N2CCN(C)[C@H](c3ccccc3)C2)(c2ccccc2F)C1=O. The lowest BCUT2D eigenvalue weighted by atomic mass is 9.75. The van der Waals surface area contributed by atoms with Crippen molar-refractivity contribution in [3.8, 4) is 0 Å². The van der Waals surface area contributed by atoms with Gasteiger partial charge < -0.3 is 9.64 Å². The molecule has 0 unspecified atom stereocenters. The summed E-state index contributed by atoms with van der Waals surface area (Å²) in [4.78, 5) is 45.0. The second-order valence-corrected chi connectivity index (χ2v) is 9.01. The largest absolute Gasteiger partial charge is 0.383 e. The maximum atomic E-state index is 15.0. The summed E-state index contributed by atoms with van der Waals surface area (Å²) in [5.41, 5.74) is -0.363. The minimum atomic E-state index is -1.56. The maximum Gasteiger partial charge on any atom is 0.241 e. The number of piperazine rings is 1. The number of benzene rings is 2. The average molecular weight is 468 g/mol. The van der Waals surface area contributed by atoms with Gasteiger partial charge in [-0.05, 0) is 18.7 Å². The van der Waals surface area contributed by atoms with Gasteiger partial charge in [-0.3, -0.25) is 24.2 Å². The van der Waals surface area contributed by atoms with E-state index < -0.39 is 23.0 Å². The van der Waals surface area contributed by atoms with Crippen LogP contribution in [0.2, 0.25) is 0 Å². The molecule has 0 saturated carbocycles. The smallest absolute Gasteiger partial charge is 0.241 e. The number of imide groups is 1. The molecule has 2 atom stereocenters. The molecule has 2 aliphatic heterocycles. The molecule has 2 saturated heterocycles. The number of halogens is 1. The third-order valence-corrected chi connectivity index (χ3v) is 6.96. The number of likely N-dealkylation sites (N-methyl/N-ethyl adjacent to an activating group) is 1. The summed E-state index contributed by atoms with van der Waals surface area (Å²) < 4.78 is 20.0. The normalized spacial score (nSPS) is 23.6. The van der Waals surface area contributed by atoms with E-state index >= 15 is 0 Å². The fraction of sp³-hybridized carbons (Fsp3) is 0.423. The Balaban J connectivity index is 1.62. The Morgan fingerprint density at radius 2 is 1.79 bits per heavy atom. The van der Waals surface area contributed by atoms with Gasteiger partial charge in [-0.25, -0.2) is 4.39 Å². The first kappa shape index (κ1) is 24.0. The Bertz CT molecular complexity index is 1060. The van der Waals surface area contributed by atoms with Gasteiger partial charge in [-0.2, -0.15) is 0 Å². The highest BCUT2D eigenvalue weighted by molar-refractivity contribution is 6.10. The second-order valence-electron chi connectivity index (χ2n) is 9.01. The molecule has 0 aromatic heterocycles. The highest BCUT2D eigenvalue weighted by Gasteiger charge is 2.55. The standard InChI is InChI=1S/C26H30FN3O4/c1-28-12-13-29(18-22(28)19-8-4-3-5-9-19)23(31)16-26(20-10-6-7-11-21(20)27)17-24(32)30(25(26)33)14-15-34-2/h3-11,22H,12-18H2,1-2H3/t22-,26+/m0/s1. The molecule has 2 aromatic rings. The van der Waals surface area contributed by atoms with Crippen molar-refractivity contribution >= 4 is 17.7 Å². The van der Waals surface area contributed by atoms with E-state index in [0.29, 0.717) is 19.6 Å². The van der Waals surface area contributed by atoms with Crippen LogP contribution in [-0.2, 0) is 24.5 Å². The highest BCUT2D eigenvalue weighted by atomic mass is 19.1. The van der Waals surface area contributed by atoms with Gasteiger partial charge in [0.1, 0.15) is 5.82 Å². The summed E-state index contributed by atoms with van der Waals surface area (Å²) >= 11 is 0. The van der Waals surface area contributed by atoms with Gasteiger partial charge in [0.15, 0.2) is 0 Å². The van der Waals surface area contributed by atoms with Gasteiger partial charge in [0.05, 0.1) is 24.6 Å². The van der Waals surface area contributed by atoms with Crippen LogP contribution in [0.1, 0.15) is 30.0 Å². The molecule has 7 nitrogen and oxygen atoms in total. The van der Waals surface area contributed by atoms with Crippen LogP contribution in [-0.4, -0.2) is 79.4 Å². The van der Waals surface area contributed by atoms with Crippen molar-refractivity contribution in [2.24, 2.45) is 0 Å². The Morgan fingerprint density at radius 3 is 2.50 bits per heavy atom. The highest BCUT2D eigenvalue weighted by Crippen LogP contribution is 2.41. The Labute approximate surface area is 199 Å². The monoisotopic (exact) mass is 467 g/mol. The molecule has 0 bridgehead atoms. The van der Waals surface area contributed by atoms with Crippen LogP contribution in [0.3, 0.4) is 0 Å². The van der Waals surface area contributed by atoms with E-state index in [1.807, 2.05) is 37.4 Å². The third kappa shape index (κ3) is 4.48. The van der Waals surface area contributed by atoms with Crippen molar-refractivity contribution in [2.45, 2.75) is 24.3 Å². The summed E-state index contributed by atoms with van der Waals surface area (Å²) in [6.45, 7) is 1.88. The molecule has 4 rings (SSSR count). The number of hydrogen-bond donors (Lipinski definition) is 0. The molecule has 2 aliphatic rings. The van der Waals surface area contributed by atoms with Gasteiger partial charge >= 0.3 is 0 Å². The molecular weight excluding hydrogens is 437 g/mol. The molecule has 2 fully saturated rings. The number of carbonyl (C=O) groups is 3. The Hall–Kier alpha value is -3.10. The van der Waals surface area contributed by atoms with Crippen molar-refractivity contribution in [2.75, 3.05) is 46.9 Å². The van der Waals surface area contributed by atoms with Crippen LogP contribution in [0.15, 0.2) is 54.6 Å². The summed E-state index contributed by atoms with van der Waals surface area (Å²) in [5.74, 6) is -1.81. The average Bonchev–Trinajstić information content (AvgIpc) is 3.08. The number of carbonyl (C=O) groups excluding carboxylic acids is 3. The zero-order valence-electron chi connectivity index (χ0n) is 19.6. The van der Waals surface area contributed by atoms with Crippen LogP contribution < -0.4 is 0 Å². The Kier molecular flexibility index (Phi) is 7.09. The summed E-state index contributed by atoms with van der Waals surface area (Å²) in [7, 11) is 3.50.